The largest absolute Gasteiger partial charge is 0.250 e. The number of halogens is 3. The molecule has 2 atom stereocenters. The molecule has 106 valence electrons. The lowest BCUT2D eigenvalue weighted by Gasteiger charge is -2.39. The molecule has 0 spiro atoms. The maximum absolute atomic E-state index is 13.9. The number of hydrogen-bond acceptors (Lipinski definition) is 2. The van der Waals surface area contributed by atoms with Crippen molar-refractivity contribution in [3.05, 3.63) is 33.8 Å². The Balaban J connectivity index is 2.08. The van der Waals surface area contributed by atoms with Gasteiger partial charge in [0.1, 0.15) is 11.6 Å². The van der Waals surface area contributed by atoms with Crippen LogP contribution in [0.3, 0.4) is 0 Å². The van der Waals surface area contributed by atoms with Crippen molar-refractivity contribution in [1.29, 1.82) is 0 Å². The van der Waals surface area contributed by atoms with E-state index >= 15 is 0 Å². The van der Waals surface area contributed by atoms with Gasteiger partial charge in [0.25, 0.3) is 0 Å². The first kappa shape index (κ1) is 14.9. The number of rotatable bonds is 3. The highest BCUT2D eigenvalue weighted by Gasteiger charge is 2.25. The zero-order valence-electron chi connectivity index (χ0n) is 11.2. The number of hydrogen-bond donors (Lipinski definition) is 1. The number of benzene rings is 1. The monoisotopic (exact) mass is 332 g/mol. The second-order valence-electron chi connectivity index (χ2n) is 5.19. The zero-order valence-corrected chi connectivity index (χ0v) is 12.8. The predicted octanol–water partition coefficient (Wildman–Crippen LogP) is 3.99. The Morgan fingerprint density at radius 3 is 2.53 bits per heavy atom. The maximum atomic E-state index is 13.9. The number of nitrogens with zero attached hydrogens (tertiary/aromatic N) is 1. The summed E-state index contributed by atoms with van der Waals surface area (Å²) in [6.45, 7) is 4.44. The first-order valence-corrected chi connectivity index (χ1v) is 7.44. The molecule has 1 aromatic carbocycles. The Kier molecular flexibility index (Phi) is 4.92. The molecule has 1 saturated heterocycles. The van der Waals surface area contributed by atoms with Crippen molar-refractivity contribution in [1.82, 2.24) is 10.4 Å². The molecule has 1 N–H and O–H groups in total. The molecule has 19 heavy (non-hydrogen) atoms. The van der Waals surface area contributed by atoms with Crippen molar-refractivity contribution >= 4 is 15.9 Å². The Hall–Kier alpha value is -0.520. The fourth-order valence-corrected chi connectivity index (χ4v) is 3.01. The minimum absolute atomic E-state index is 0.0827. The van der Waals surface area contributed by atoms with Crippen LogP contribution in [0, 0.1) is 11.6 Å². The number of nitrogens with one attached hydrogen (secondary N) is 1. The Bertz CT molecular complexity index is 443. The van der Waals surface area contributed by atoms with Crippen LogP contribution in [0.25, 0.3) is 0 Å². The van der Waals surface area contributed by atoms with Gasteiger partial charge in [0.15, 0.2) is 0 Å². The quantitative estimate of drug-likeness (QED) is 0.842. The summed E-state index contributed by atoms with van der Waals surface area (Å²) in [6, 6.07) is 3.46. The van der Waals surface area contributed by atoms with E-state index in [0.717, 1.165) is 12.8 Å². The van der Waals surface area contributed by atoms with Gasteiger partial charge in [0.05, 0.1) is 4.47 Å². The van der Waals surface area contributed by atoms with Crippen LogP contribution in [-0.4, -0.2) is 17.1 Å². The van der Waals surface area contributed by atoms with Crippen molar-refractivity contribution in [3.8, 4) is 0 Å². The molecule has 5 heteroatoms. The van der Waals surface area contributed by atoms with Gasteiger partial charge in [-0.25, -0.2) is 13.8 Å². The number of hydrazine groups is 1. The summed E-state index contributed by atoms with van der Waals surface area (Å²) < 4.78 is 27.8. The molecular weight excluding hydrogens is 314 g/mol. The second kappa shape index (κ2) is 6.29. The summed E-state index contributed by atoms with van der Waals surface area (Å²) in [7, 11) is 0. The fourth-order valence-electron chi connectivity index (χ4n) is 2.63. The van der Waals surface area contributed by atoms with Crippen LogP contribution in [-0.2, 0) is 6.54 Å². The van der Waals surface area contributed by atoms with E-state index in [2.05, 4.69) is 40.2 Å². The molecule has 0 aromatic heterocycles. The second-order valence-corrected chi connectivity index (χ2v) is 6.05. The first-order chi connectivity index (χ1) is 9.00. The molecule has 0 bridgehead atoms. The molecule has 1 aromatic rings. The highest BCUT2D eigenvalue weighted by Crippen LogP contribution is 2.23. The summed E-state index contributed by atoms with van der Waals surface area (Å²) in [4.78, 5) is 0. The van der Waals surface area contributed by atoms with Gasteiger partial charge in [-0.1, -0.05) is 6.42 Å². The fraction of sp³-hybridized carbons (Fsp3) is 0.571. The van der Waals surface area contributed by atoms with Crippen molar-refractivity contribution in [2.75, 3.05) is 0 Å². The van der Waals surface area contributed by atoms with E-state index < -0.39 is 11.6 Å². The van der Waals surface area contributed by atoms with Gasteiger partial charge in [-0.15, -0.1) is 0 Å². The van der Waals surface area contributed by atoms with Crippen LogP contribution in [0.15, 0.2) is 16.6 Å². The first-order valence-electron chi connectivity index (χ1n) is 6.65. The Morgan fingerprint density at radius 2 is 1.89 bits per heavy atom. The van der Waals surface area contributed by atoms with Crippen molar-refractivity contribution in [2.45, 2.75) is 51.7 Å². The number of piperidine rings is 1. The topological polar surface area (TPSA) is 15.3 Å². The normalized spacial score (nSPS) is 24.7. The van der Waals surface area contributed by atoms with Crippen molar-refractivity contribution in [3.63, 3.8) is 0 Å². The predicted molar refractivity (Wildman–Crippen MR) is 75.5 cm³/mol. The average molecular weight is 333 g/mol. The SMILES string of the molecule is CC1CCCC(C)N1NCc1c(F)ccc(Br)c1F. The third-order valence-corrected chi connectivity index (χ3v) is 4.38. The van der Waals surface area contributed by atoms with Gasteiger partial charge in [-0.3, -0.25) is 5.43 Å². The smallest absolute Gasteiger partial charge is 0.144 e. The van der Waals surface area contributed by atoms with Crippen molar-refractivity contribution in [2.24, 2.45) is 0 Å². The Labute approximate surface area is 121 Å². The minimum atomic E-state index is -0.523. The summed E-state index contributed by atoms with van der Waals surface area (Å²) in [5.74, 6) is -1.03. The van der Waals surface area contributed by atoms with Gasteiger partial charge in [-0.2, -0.15) is 0 Å². The van der Waals surface area contributed by atoms with Crippen LogP contribution in [0.4, 0.5) is 8.78 Å². The molecular formula is C14H19BrF2N2. The van der Waals surface area contributed by atoms with Gasteiger partial charge in [0.2, 0.25) is 0 Å². The molecule has 0 aliphatic carbocycles. The van der Waals surface area contributed by atoms with E-state index in [1.807, 2.05) is 0 Å². The Morgan fingerprint density at radius 1 is 1.26 bits per heavy atom. The van der Waals surface area contributed by atoms with Crippen LogP contribution < -0.4 is 5.43 Å². The zero-order chi connectivity index (χ0) is 14.0. The molecule has 0 saturated carbocycles. The van der Waals surface area contributed by atoms with Crippen LogP contribution in [0.2, 0.25) is 0 Å². The average Bonchev–Trinajstić information content (AvgIpc) is 2.37. The summed E-state index contributed by atoms with van der Waals surface area (Å²) in [5, 5.41) is 2.11. The van der Waals surface area contributed by atoms with Crippen LogP contribution >= 0.6 is 15.9 Å². The lowest BCUT2D eigenvalue weighted by atomic mass is 10.00. The van der Waals surface area contributed by atoms with Crippen molar-refractivity contribution < 1.29 is 8.78 Å². The highest BCUT2D eigenvalue weighted by atomic mass is 79.9. The lowest BCUT2D eigenvalue weighted by molar-refractivity contribution is 0.0427. The lowest BCUT2D eigenvalue weighted by Crippen LogP contribution is -2.51. The minimum Gasteiger partial charge on any atom is -0.250 e. The summed E-state index contributed by atoms with van der Waals surface area (Å²) in [5.41, 5.74) is 3.26. The molecule has 2 unspecified atom stereocenters. The van der Waals surface area contributed by atoms with E-state index in [0.29, 0.717) is 16.6 Å². The highest BCUT2D eigenvalue weighted by molar-refractivity contribution is 9.10. The van der Waals surface area contributed by atoms with Gasteiger partial charge >= 0.3 is 0 Å². The van der Waals surface area contributed by atoms with Gasteiger partial charge < -0.3 is 0 Å². The van der Waals surface area contributed by atoms with E-state index in [1.54, 1.807) is 0 Å². The molecule has 2 nitrogen and oxygen atoms in total. The molecule has 1 fully saturated rings. The molecule has 0 amide bonds. The van der Waals surface area contributed by atoms with E-state index in [4.69, 9.17) is 0 Å². The van der Waals surface area contributed by atoms with E-state index in [-0.39, 0.29) is 12.1 Å². The van der Waals surface area contributed by atoms with E-state index in [9.17, 15) is 8.78 Å². The van der Waals surface area contributed by atoms with Crippen LogP contribution in [0.5, 0.6) is 0 Å². The van der Waals surface area contributed by atoms with Gasteiger partial charge in [0, 0.05) is 24.2 Å². The summed E-state index contributed by atoms with van der Waals surface area (Å²) >= 11 is 3.09. The third-order valence-electron chi connectivity index (χ3n) is 3.77. The van der Waals surface area contributed by atoms with Crippen LogP contribution in [0.1, 0.15) is 38.7 Å². The standard InChI is InChI=1S/C14H19BrF2N2/c1-9-4-3-5-10(2)19(9)18-8-11-13(16)7-6-12(15)14(11)17/h6-7,9-10,18H,3-5,8H2,1-2H3. The summed E-state index contributed by atoms with van der Waals surface area (Å²) in [6.07, 6.45) is 3.43. The van der Waals surface area contributed by atoms with Gasteiger partial charge in [-0.05, 0) is 54.8 Å². The molecule has 1 heterocycles. The molecule has 2 rings (SSSR count). The van der Waals surface area contributed by atoms with E-state index in [1.165, 1.54) is 18.6 Å². The molecule has 1 aliphatic rings. The molecule has 1 aliphatic heterocycles. The maximum Gasteiger partial charge on any atom is 0.144 e. The third kappa shape index (κ3) is 3.33. The molecule has 0 radical (unpaired) electrons.